The van der Waals surface area contributed by atoms with Crippen molar-refractivity contribution in [1.82, 2.24) is 0 Å². The Balaban J connectivity index is 1.80. The lowest BCUT2D eigenvalue weighted by Gasteiger charge is -2.05. The van der Waals surface area contributed by atoms with Crippen molar-refractivity contribution in [3.8, 4) is 0 Å². The first kappa shape index (κ1) is 19.2. The number of rotatable bonds is 7. The molecule has 0 atom stereocenters. The molecule has 4 nitrogen and oxygen atoms in total. The molecule has 2 aromatic rings. The van der Waals surface area contributed by atoms with Gasteiger partial charge in [0, 0.05) is 17.5 Å². The third-order valence-corrected chi connectivity index (χ3v) is 4.27. The number of aryl methyl sites for hydroxylation is 1. The lowest BCUT2D eigenvalue weighted by molar-refractivity contribution is -0.142. The summed E-state index contributed by atoms with van der Waals surface area (Å²) in [6.45, 7) is 1.52. The monoisotopic (exact) mass is 378 g/mol. The third kappa shape index (κ3) is 5.69. The van der Waals surface area contributed by atoms with E-state index < -0.39 is 18.4 Å². The molecule has 0 saturated heterocycles. The van der Waals surface area contributed by atoms with Crippen LogP contribution in [0.2, 0.25) is 10.0 Å². The normalized spacial score (nSPS) is 10.4. The van der Waals surface area contributed by atoms with Crippen LogP contribution in [0.4, 0.5) is 0 Å². The summed E-state index contributed by atoms with van der Waals surface area (Å²) >= 11 is 11.6. The van der Waals surface area contributed by atoms with Crippen LogP contribution in [0.25, 0.3) is 0 Å². The zero-order valence-electron chi connectivity index (χ0n) is 13.6. The molecule has 0 aliphatic carbocycles. The Labute approximate surface area is 155 Å². The Morgan fingerprint density at radius 3 is 2.12 bits per heavy atom. The predicted octanol–water partition coefficient (Wildman–Crippen LogP) is 4.69. The highest BCUT2D eigenvalue weighted by atomic mass is 35.5. The van der Waals surface area contributed by atoms with E-state index in [2.05, 4.69) is 0 Å². The zero-order chi connectivity index (χ0) is 18.4. The van der Waals surface area contributed by atoms with Gasteiger partial charge in [-0.3, -0.25) is 14.4 Å². The number of hydrogen-bond acceptors (Lipinski definition) is 4. The standard InChI is InChI=1S/C19H16Cl2O4/c1-12-2-4-13(5-3-12)17(22)8-9-19(24)25-11-18(23)14-6-7-15(20)16(21)10-14/h2-7,10H,8-9,11H2,1H3. The quantitative estimate of drug-likeness (QED) is 0.517. The van der Waals surface area contributed by atoms with Crippen molar-refractivity contribution in [2.24, 2.45) is 0 Å². The molecule has 0 radical (unpaired) electrons. The molecule has 6 heteroatoms. The van der Waals surface area contributed by atoms with E-state index in [0.29, 0.717) is 16.1 Å². The topological polar surface area (TPSA) is 60.4 Å². The second-order valence-corrected chi connectivity index (χ2v) is 6.32. The number of ketones is 2. The maximum absolute atomic E-state index is 12.0. The lowest BCUT2D eigenvalue weighted by Crippen LogP contribution is -2.15. The Morgan fingerprint density at radius 2 is 1.48 bits per heavy atom. The van der Waals surface area contributed by atoms with Crippen LogP contribution in [0.1, 0.15) is 39.1 Å². The smallest absolute Gasteiger partial charge is 0.306 e. The van der Waals surface area contributed by atoms with Gasteiger partial charge in [-0.1, -0.05) is 53.0 Å². The minimum Gasteiger partial charge on any atom is -0.457 e. The van der Waals surface area contributed by atoms with Crippen LogP contribution in [0.15, 0.2) is 42.5 Å². The van der Waals surface area contributed by atoms with E-state index in [1.807, 2.05) is 19.1 Å². The molecular formula is C19H16Cl2O4. The summed E-state index contributed by atoms with van der Waals surface area (Å²) in [6.07, 6.45) is -0.0514. The number of halogens is 2. The van der Waals surface area contributed by atoms with Gasteiger partial charge < -0.3 is 4.74 Å². The fourth-order valence-corrected chi connectivity index (χ4v) is 2.37. The van der Waals surface area contributed by atoms with Crippen LogP contribution >= 0.6 is 23.2 Å². The van der Waals surface area contributed by atoms with E-state index in [0.717, 1.165) is 5.56 Å². The molecule has 25 heavy (non-hydrogen) atoms. The minimum absolute atomic E-state index is 0.0306. The first-order valence-corrected chi connectivity index (χ1v) is 8.36. The molecular weight excluding hydrogens is 363 g/mol. The van der Waals surface area contributed by atoms with Crippen molar-refractivity contribution in [1.29, 1.82) is 0 Å². The van der Waals surface area contributed by atoms with Gasteiger partial charge in [0.1, 0.15) is 0 Å². The molecule has 0 N–H and O–H groups in total. The predicted molar refractivity (Wildman–Crippen MR) is 96.5 cm³/mol. The Hall–Kier alpha value is -2.17. The van der Waals surface area contributed by atoms with E-state index in [4.69, 9.17) is 27.9 Å². The fraction of sp³-hybridized carbons (Fsp3) is 0.211. The number of carbonyl (C=O) groups is 3. The van der Waals surface area contributed by atoms with Crippen LogP contribution in [0.3, 0.4) is 0 Å². The molecule has 130 valence electrons. The van der Waals surface area contributed by atoms with Gasteiger partial charge in [0.05, 0.1) is 16.5 Å². The summed E-state index contributed by atoms with van der Waals surface area (Å²) in [5.74, 6) is -1.14. The van der Waals surface area contributed by atoms with Crippen molar-refractivity contribution in [3.63, 3.8) is 0 Å². The number of esters is 1. The molecule has 0 amide bonds. The summed E-state index contributed by atoms with van der Waals surface area (Å²) < 4.78 is 4.92. The van der Waals surface area contributed by atoms with Crippen molar-refractivity contribution in [2.75, 3.05) is 6.61 Å². The Kier molecular flexibility index (Phi) is 6.73. The first-order valence-electron chi connectivity index (χ1n) is 7.60. The molecule has 0 unspecified atom stereocenters. The van der Waals surface area contributed by atoms with Crippen LogP contribution in [-0.4, -0.2) is 24.1 Å². The Bertz CT molecular complexity index is 798. The van der Waals surface area contributed by atoms with Gasteiger partial charge in [0.15, 0.2) is 18.2 Å². The third-order valence-electron chi connectivity index (χ3n) is 3.54. The number of benzene rings is 2. The van der Waals surface area contributed by atoms with E-state index in [-0.39, 0.29) is 23.6 Å². The minimum atomic E-state index is -0.603. The van der Waals surface area contributed by atoms with E-state index in [9.17, 15) is 14.4 Å². The molecule has 2 aromatic carbocycles. The highest BCUT2D eigenvalue weighted by Gasteiger charge is 2.13. The zero-order valence-corrected chi connectivity index (χ0v) is 15.1. The molecule has 0 spiro atoms. The van der Waals surface area contributed by atoms with Gasteiger partial charge in [-0.05, 0) is 25.1 Å². The molecule has 2 rings (SSSR count). The average Bonchev–Trinajstić information content (AvgIpc) is 2.60. The molecule has 0 aromatic heterocycles. The van der Waals surface area contributed by atoms with Crippen molar-refractivity contribution in [3.05, 3.63) is 69.2 Å². The lowest BCUT2D eigenvalue weighted by atomic mass is 10.1. The molecule has 0 heterocycles. The van der Waals surface area contributed by atoms with Crippen molar-refractivity contribution in [2.45, 2.75) is 19.8 Å². The average molecular weight is 379 g/mol. The fourth-order valence-electron chi connectivity index (χ4n) is 2.07. The SMILES string of the molecule is Cc1ccc(C(=O)CCC(=O)OCC(=O)c2ccc(Cl)c(Cl)c2)cc1. The molecule has 0 fully saturated rings. The molecule has 0 bridgehead atoms. The van der Waals surface area contributed by atoms with Crippen molar-refractivity contribution < 1.29 is 19.1 Å². The van der Waals surface area contributed by atoms with Gasteiger partial charge >= 0.3 is 5.97 Å². The summed E-state index contributed by atoms with van der Waals surface area (Å²) in [5.41, 5.74) is 1.90. The number of Topliss-reactive ketones (excluding diaryl/α,β-unsaturated/α-hetero) is 2. The van der Waals surface area contributed by atoms with Crippen LogP contribution < -0.4 is 0 Å². The summed E-state index contributed by atoms with van der Waals surface area (Å²) in [5, 5.41) is 0.590. The largest absolute Gasteiger partial charge is 0.457 e. The highest BCUT2D eigenvalue weighted by Crippen LogP contribution is 2.22. The summed E-state index contributed by atoms with van der Waals surface area (Å²) in [7, 11) is 0. The van der Waals surface area contributed by atoms with Crippen LogP contribution in [-0.2, 0) is 9.53 Å². The van der Waals surface area contributed by atoms with Gasteiger partial charge in [-0.15, -0.1) is 0 Å². The second-order valence-electron chi connectivity index (χ2n) is 5.50. The number of carbonyl (C=O) groups excluding carboxylic acids is 3. The van der Waals surface area contributed by atoms with E-state index >= 15 is 0 Å². The highest BCUT2D eigenvalue weighted by molar-refractivity contribution is 6.42. The van der Waals surface area contributed by atoms with Crippen LogP contribution in [0.5, 0.6) is 0 Å². The molecule has 0 aliphatic rings. The van der Waals surface area contributed by atoms with Gasteiger partial charge in [0.25, 0.3) is 0 Å². The van der Waals surface area contributed by atoms with E-state index in [1.165, 1.54) is 18.2 Å². The maximum Gasteiger partial charge on any atom is 0.306 e. The Morgan fingerprint density at radius 1 is 0.840 bits per heavy atom. The van der Waals surface area contributed by atoms with Gasteiger partial charge in [-0.25, -0.2) is 0 Å². The molecule has 0 saturated carbocycles. The number of ether oxygens (including phenoxy) is 1. The first-order chi connectivity index (χ1) is 11.9. The maximum atomic E-state index is 12.0. The van der Waals surface area contributed by atoms with Gasteiger partial charge in [0.2, 0.25) is 0 Å². The van der Waals surface area contributed by atoms with Gasteiger partial charge in [-0.2, -0.15) is 0 Å². The van der Waals surface area contributed by atoms with E-state index in [1.54, 1.807) is 12.1 Å². The number of hydrogen-bond donors (Lipinski definition) is 0. The van der Waals surface area contributed by atoms with Crippen molar-refractivity contribution >= 4 is 40.7 Å². The van der Waals surface area contributed by atoms with Crippen LogP contribution in [0, 0.1) is 6.92 Å². The molecule has 0 aliphatic heterocycles. The second kappa shape index (κ2) is 8.79. The summed E-state index contributed by atoms with van der Waals surface area (Å²) in [6, 6.07) is 11.5. The summed E-state index contributed by atoms with van der Waals surface area (Å²) in [4.78, 5) is 35.7.